The number of hydrogen-bond acceptors (Lipinski definition) is 3. The standard InChI is InChI=1S/C10H21N3O2S/c1-10(2,3)9(11)12-5-7-13(8-6-12)16(4,14)15/h11H,5-8H2,1-4H3. The van der Waals surface area contributed by atoms with Gasteiger partial charge in [-0.25, -0.2) is 8.42 Å². The van der Waals surface area contributed by atoms with E-state index in [9.17, 15) is 8.42 Å². The number of sulfonamides is 1. The number of amidine groups is 1. The van der Waals surface area contributed by atoms with E-state index in [1.165, 1.54) is 10.6 Å². The third-order valence-corrected chi connectivity index (χ3v) is 4.04. The Morgan fingerprint density at radius 2 is 1.56 bits per heavy atom. The van der Waals surface area contributed by atoms with Gasteiger partial charge in [0.2, 0.25) is 10.0 Å². The molecule has 0 bridgehead atoms. The summed E-state index contributed by atoms with van der Waals surface area (Å²) >= 11 is 0. The molecule has 1 aliphatic rings. The molecule has 0 unspecified atom stereocenters. The molecule has 0 aromatic carbocycles. The summed E-state index contributed by atoms with van der Waals surface area (Å²) in [6.07, 6.45) is 1.23. The molecule has 1 rings (SSSR count). The van der Waals surface area contributed by atoms with Crippen molar-refractivity contribution >= 4 is 15.9 Å². The molecular weight excluding hydrogens is 226 g/mol. The van der Waals surface area contributed by atoms with Gasteiger partial charge in [0, 0.05) is 31.6 Å². The van der Waals surface area contributed by atoms with Gasteiger partial charge < -0.3 is 4.90 Å². The number of nitrogens with one attached hydrogen (secondary N) is 1. The largest absolute Gasteiger partial charge is 0.357 e. The molecule has 1 aliphatic heterocycles. The molecule has 1 N–H and O–H groups in total. The van der Waals surface area contributed by atoms with Crippen LogP contribution in [0.4, 0.5) is 0 Å². The predicted molar refractivity (Wildman–Crippen MR) is 65.2 cm³/mol. The zero-order valence-electron chi connectivity index (χ0n) is 10.4. The number of piperazine rings is 1. The maximum atomic E-state index is 11.3. The smallest absolute Gasteiger partial charge is 0.211 e. The van der Waals surface area contributed by atoms with Crippen LogP contribution in [-0.4, -0.2) is 55.9 Å². The van der Waals surface area contributed by atoms with Crippen molar-refractivity contribution in [3.63, 3.8) is 0 Å². The summed E-state index contributed by atoms with van der Waals surface area (Å²) in [6.45, 7) is 8.19. The van der Waals surface area contributed by atoms with Gasteiger partial charge in [0.15, 0.2) is 0 Å². The molecule has 1 saturated heterocycles. The van der Waals surface area contributed by atoms with Crippen LogP contribution in [-0.2, 0) is 10.0 Å². The fourth-order valence-corrected chi connectivity index (χ4v) is 2.54. The molecular formula is C10H21N3O2S. The van der Waals surface area contributed by atoms with Crippen LogP contribution in [0, 0.1) is 10.8 Å². The molecule has 0 saturated carbocycles. The summed E-state index contributed by atoms with van der Waals surface area (Å²) in [7, 11) is -3.07. The molecule has 0 amide bonds. The van der Waals surface area contributed by atoms with Crippen LogP contribution < -0.4 is 0 Å². The second-order valence-electron chi connectivity index (χ2n) is 5.25. The number of hydrogen-bond donors (Lipinski definition) is 1. The average Bonchev–Trinajstić information content (AvgIpc) is 2.14. The van der Waals surface area contributed by atoms with Crippen molar-refractivity contribution in [2.24, 2.45) is 5.41 Å². The van der Waals surface area contributed by atoms with Gasteiger partial charge in [-0.05, 0) is 0 Å². The summed E-state index contributed by atoms with van der Waals surface area (Å²) in [4.78, 5) is 1.96. The van der Waals surface area contributed by atoms with E-state index in [-0.39, 0.29) is 5.41 Å². The average molecular weight is 247 g/mol. The Morgan fingerprint density at radius 1 is 1.12 bits per heavy atom. The fourth-order valence-electron chi connectivity index (χ4n) is 1.72. The van der Waals surface area contributed by atoms with Gasteiger partial charge >= 0.3 is 0 Å². The highest BCUT2D eigenvalue weighted by atomic mass is 32.2. The van der Waals surface area contributed by atoms with E-state index in [1.807, 2.05) is 25.7 Å². The van der Waals surface area contributed by atoms with Crippen LogP contribution in [0.25, 0.3) is 0 Å². The first kappa shape index (κ1) is 13.4. The topological polar surface area (TPSA) is 64.5 Å². The number of nitrogens with zero attached hydrogens (tertiary/aromatic N) is 2. The van der Waals surface area contributed by atoms with Gasteiger partial charge in [0.25, 0.3) is 0 Å². The molecule has 5 nitrogen and oxygen atoms in total. The van der Waals surface area contributed by atoms with Crippen LogP contribution in [0.5, 0.6) is 0 Å². The van der Waals surface area contributed by atoms with Crippen LogP contribution in [0.1, 0.15) is 20.8 Å². The van der Waals surface area contributed by atoms with Gasteiger partial charge in [-0.2, -0.15) is 4.31 Å². The molecule has 6 heteroatoms. The van der Waals surface area contributed by atoms with Crippen LogP contribution in [0.3, 0.4) is 0 Å². The van der Waals surface area contributed by atoms with Gasteiger partial charge in [-0.1, -0.05) is 20.8 Å². The molecule has 1 heterocycles. The monoisotopic (exact) mass is 247 g/mol. The number of rotatable bonds is 1. The fraction of sp³-hybridized carbons (Fsp3) is 0.900. The summed E-state index contributed by atoms with van der Waals surface area (Å²) in [5, 5.41) is 8.01. The van der Waals surface area contributed by atoms with Crippen molar-refractivity contribution in [3.05, 3.63) is 0 Å². The van der Waals surface area contributed by atoms with Gasteiger partial charge in [0.1, 0.15) is 5.84 Å². The molecule has 94 valence electrons. The second-order valence-corrected chi connectivity index (χ2v) is 7.23. The van der Waals surface area contributed by atoms with E-state index < -0.39 is 10.0 Å². The van der Waals surface area contributed by atoms with Crippen LogP contribution in [0.15, 0.2) is 0 Å². The lowest BCUT2D eigenvalue weighted by molar-refractivity contribution is 0.250. The minimum absolute atomic E-state index is 0.173. The first-order valence-electron chi connectivity index (χ1n) is 5.41. The Kier molecular flexibility index (Phi) is 3.64. The molecule has 16 heavy (non-hydrogen) atoms. The SMILES string of the molecule is CC(C)(C)C(=N)N1CCN(S(C)(=O)=O)CC1. The van der Waals surface area contributed by atoms with E-state index in [0.717, 1.165) is 0 Å². The normalized spacial score (nSPS) is 19.9. The van der Waals surface area contributed by atoms with E-state index in [4.69, 9.17) is 5.41 Å². The van der Waals surface area contributed by atoms with E-state index in [2.05, 4.69) is 0 Å². The quantitative estimate of drug-likeness (QED) is 0.545. The molecule has 0 aromatic heterocycles. The Morgan fingerprint density at radius 3 is 1.88 bits per heavy atom. The van der Waals surface area contributed by atoms with Crippen molar-refractivity contribution in [2.75, 3.05) is 32.4 Å². The molecule has 0 spiro atoms. The molecule has 0 aromatic rings. The van der Waals surface area contributed by atoms with E-state index in [1.54, 1.807) is 0 Å². The summed E-state index contributed by atoms with van der Waals surface area (Å²) < 4.78 is 24.1. The summed E-state index contributed by atoms with van der Waals surface area (Å²) in [5.41, 5.74) is -0.173. The van der Waals surface area contributed by atoms with Gasteiger partial charge in [-0.15, -0.1) is 0 Å². The highest BCUT2D eigenvalue weighted by Crippen LogP contribution is 2.19. The van der Waals surface area contributed by atoms with Gasteiger partial charge in [-0.3, -0.25) is 5.41 Å². The first-order valence-corrected chi connectivity index (χ1v) is 7.26. The second kappa shape index (κ2) is 4.33. The van der Waals surface area contributed by atoms with Gasteiger partial charge in [0.05, 0.1) is 6.26 Å². The first-order chi connectivity index (χ1) is 7.12. The zero-order valence-corrected chi connectivity index (χ0v) is 11.3. The molecule has 0 radical (unpaired) electrons. The third kappa shape index (κ3) is 3.18. The minimum Gasteiger partial charge on any atom is -0.357 e. The van der Waals surface area contributed by atoms with Crippen LogP contribution in [0.2, 0.25) is 0 Å². The van der Waals surface area contributed by atoms with Crippen molar-refractivity contribution in [1.29, 1.82) is 5.41 Å². The third-order valence-electron chi connectivity index (χ3n) is 2.73. The van der Waals surface area contributed by atoms with E-state index >= 15 is 0 Å². The summed E-state index contributed by atoms with van der Waals surface area (Å²) in [5.74, 6) is 0.584. The van der Waals surface area contributed by atoms with Crippen molar-refractivity contribution in [2.45, 2.75) is 20.8 Å². The van der Waals surface area contributed by atoms with Crippen molar-refractivity contribution in [1.82, 2.24) is 9.21 Å². The zero-order chi connectivity index (χ0) is 12.6. The lowest BCUT2D eigenvalue weighted by Gasteiger charge is -2.38. The Hall–Kier alpha value is -0.620. The lowest BCUT2D eigenvalue weighted by atomic mass is 9.94. The van der Waals surface area contributed by atoms with E-state index in [0.29, 0.717) is 32.0 Å². The van der Waals surface area contributed by atoms with Crippen molar-refractivity contribution in [3.8, 4) is 0 Å². The Bertz CT molecular complexity index is 362. The maximum Gasteiger partial charge on any atom is 0.211 e. The maximum absolute atomic E-state index is 11.3. The predicted octanol–water partition coefficient (Wildman–Crippen LogP) is 0.587. The van der Waals surface area contributed by atoms with Crippen LogP contribution >= 0.6 is 0 Å². The molecule has 0 atom stereocenters. The minimum atomic E-state index is -3.07. The lowest BCUT2D eigenvalue weighted by Crippen LogP contribution is -2.52. The Labute approximate surface area is 98.0 Å². The molecule has 1 fully saturated rings. The Balaban J connectivity index is 2.60. The molecule has 0 aliphatic carbocycles. The highest BCUT2D eigenvalue weighted by Gasteiger charge is 2.28. The highest BCUT2D eigenvalue weighted by molar-refractivity contribution is 7.88. The van der Waals surface area contributed by atoms with Crippen molar-refractivity contribution < 1.29 is 8.42 Å². The summed E-state index contributed by atoms with van der Waals surface area (Å²) in [6, 6.07) is 0.